The van der Waals surface area contributed by atoms with Crippen molar-refractivity contribution >= 4 is 34.4 Å². The molecule has 33 heavy (non-hydrogen) atoms. The van der Waals surface area contributed by atoms with Gasteiger partial charge in [0.1, 0.15) is 5.54 Å². The van der Waals surface area contributed by atoms with Gasteiger partial charge in [-0.05, 0) is 44.5 Å². The van der Waals surface area contributed by atoms with Crippen molar-refractivity contribution in [2.45, 2.75) is 32.4 Å². The van der Waals surface area contributed by atoms with Crippen molar-refractivity contribution < 1.29 is 19.2 Å². The highest BCUT2D eigenvalue weighted by molar-refractivity contribution is 6.14. The molecule has 5 rings (SSSR count). The molecule has 9 heteroatoms. The van der Waals surface area contributed by atoms with Gasteiger partial charge in [-0.15, -0.1) is 5.48 Å². The first-order chi connectivity index (χ1) is 15.8. The number of hydroxylamine groups is 1. The van der Waals surface area contributed by atoms with E-state index < -0.39 is 11.5 Å². The lowest BCUT2D eigenvalue weighted by Crippen LogP contribution is -2.55. The molecule has 0 unspecified atom stereocenters. The Morgan fingerprint density at radius 1 is 1.09 bits per heavy atom. The lowest BCUT2D eigenvalue weighted by molar-refractivity contribution is -0.142. The van der Waals surface area contributed by atoms with E-state index in [9.17, 15) is 14.4 Å². The number of amides is 2. The Morgan fingerprint density at radius 3 is 2.67 bits per heavy atom. The first kappa shape index (κ1) is 20.9. The highest BCUT2D eigenvalue weighted by Crippen LogP contribution is 2.35. The van der Waals surface area contributed by atoms with Crippen molar-refractivity contribution in [2.24, 2.45) is 0 Å². The lowest BCUT2D eigenvalue weighted by atomic mass is 9.94. The van der Waals surface area contributed by atoms with E-state index in [1.54, 1.807) is 55.1 Å². The molecule has 0 saturated heterocycles. The van der Waals surface area contributed by atoms with Crippen molar-refractivity contribution in [1.29, 1.82) is 0 Å². The van der Waals surface area contributed by atoms with Crippen molar-refractivity contribution in [3.63, 3.8) is 0 Å². The third kappa shape index (κ3) is 3.66. The summed E-state index contributed by atoms with van der Waals surface area (Å²) in [6, 6.07) is 14.0. The molecule has 3 heterocycles. The van der Waals surface area contributed by atoms with Crippen molar-refractivity contribution in [3.8, 4) is 0 Å². The van der Waals surface area contributed by atoms with E-state index in [1.165, 1.54) is 0 Å². The summed E-state index contributed by atoms with van der Waals surface area (Å²) in [5.74, 6) is -0.962. The number of pyridine rings is 1. The van der Waals surface area contributed by atoms with Crippen molar-refractivity contribution in [2.75, 3.05) is 12.0 Å². The third-order valence-electron chi connectivity index (χ3n) is 5.95. The van der Waals surface area contributed by atoms with Crippen LogP contribution < -0.4 is 16.3 Å². The smallest absolute Gasteiger partial charge is 0.356 e. The van der Waals surface area contributed by atoms with Crippen molar-refractivity contribution in [3.05, 3.63) is 70.9 Å². The van der Waals surface area contributed by atoms with E-state index in [-0.39, 0.29) is 11.8 Å². The predicted molar refractivity (Wildman–Crippen MR) is 121 cm³/mol. The van der Waals surface area contributed by atoms with Gasteiger partial charge >= 0.3 is 5.97 Å². The summed E-state index contributed by atoms with van der Waals surface area (Å²) in [7, 11) is 0. The second kappa shape index (κ2) is 7.86. The molecule has 2 aliphatic rings. The second-order valence-corrected chi connectivity index (χ2v) is 8.65. The monoisotopic (exact) mass is 445 g/mol. The number of hydrogen-bond donors (Lipinski definition) is 3. The predicted octanol–water partition coefficient (Wildman–Crippen LogP) is 2.33. The van der Waals surface area contributed by atoms with Gasteiger partial charge in [0.05, 0.1) is 34.6 Å². The zero-order valence-electron chi connectivity index (χ0n) is 18.3. The number of carbonyl (C=O) groups excluding carboxylic acids is 3. The first-order valence-electron chi connectivity index (χ1n) is 10.7. The summed E-state index contributed by atoms with van der Waals surface area (Å²) in [4.78, 5) is 49.4. The SMILES string of the molecule is CC(C)(NOC(=O)c1ccccc1)C(=O)N1CCc2c(nc3cccc4c3c2NNC4=O)C1. The Kier molecular flexibility index (Phi) is 4.98. The standard InChI is InChI=1S/C24H23N5O4/c1-24(2,28-33-22(31)14-7-4-3-5-8-14)23(32)29-12-11-15-18(13-29)25-17-10-6-9-16-19(17)20(15)26-27-21(16)30/h3-10,26,28H,11-13H2,1-2H3,(H,27,30). The van der Waals surface area contributed by atoms with E-state index in [4.69, 9.17) is 9.82 Å². The van der Waals surface area contributed by atoms with Crippen LogP contribution in [0.5, 0.6) is 0 Å². The molecule has 0 bridgehead atoms. The molecule has 0 fully saturated rings. The molecule has 2 aliphatic heterocycles. The molecule has 2 amide bonds. The van der Waals surface area contributed by atoms with Crippen LogP contribution in [0.2, 0.25) is 0 Å². The minimum Gasteiger partial charge on any atom is -0.366 e. The van der Waals surface area contributed by atoms with Crippen LogP contribution in [0.15, 0.2) is 48.5 Å². The molecular weight excluding hydrogens is 422 g/mol. The maximum absolute atomic E-state index is 13.3. The minimum atomic E-state index is -1.13. The second-order valence-electron chi connectivity index (χ2n) is 8.65. The number of benzene rings is 2. The normalized spacial score (nSPS) is 14.8. The number of anilines is 1. The van der Waals surface area contributed by atoms with Crippen LogP contribution in [-0.2, 0) is 22.6 Å². The van der Waals surface area contributed by atoms with Crippen LogP contribution in [0.25, 0.3) is 10.9 Å². The number of hydrogen-bond acceptors (Lipinski definition) is 7. The van der Waals surface area contributed by atoms with E-state index in [1.807, 2.05) is 12.1 Å². The molecule has 0 radical (unpaired) electrons. The highest BCUT2D eigenvalue weighted by Gasteiger charge is 2.36. The molecule has 3 aromatic rings. The molecule has 9 nitrogen and oxygen atoms in total. The van der Waals surface area contributed by atoms with Crippen LogP contribution >= 0.6 is 0 Å². The molecule has 2 aromatic carbocycles. The molecule has 0 atom stereocenters. The highest BCUT2D eigenvalue weighted by atomic mass is 16.7. The van der Waals surface area contributed by atoms with E-state index in [2.05, 4.69) is 16.3 Å². The Hall–Kier alpha value is -3.98. The van der Waals surface area contributed by atoms with Crippen LogP contribution in [0.1, 0.15) is 45.8 Å². The number of nitrogens with zero attached hydrogens (tertiary/aromatic N) is 2. The summed E-state index contributed by atoms with van der Waals surface area (Å²) in [5.41, 5.74) is 11.5. The minimum absolute atomic E-state index is 0.194. The molecule has 1 aromatic heterocycles. The van der Waals surface area contributed by atoms with Gasteiger partial charge in [-0.25, -0.2) is 4.79 Å². The third-order valence-corrected chi connectivity index (χ3v) is 5.95. The summed E-state index contributed by atoms with van der Waals surface area (Å²) >= 11 is 0. The Bertz CT molecular complexity index is 1290. The number of nitrogens with one attached hydrogen (secondary N) is 3. The Morgan fingerprint density at radius 2 is 1.88 bits per heavy atom. The van der Waals surface area contributed by atoms with Crippen LogP contribution in [-0.4, -0.2) is 39.8 Å². The van der Waals surface area contributed by atoms with Crippen LogP contribution in [0, 0.1) is 0 Å². The largest absolute Gasteiger partial charge is 0.366 e. The van der Waals surface area contributed by atoms with Crippen LogP contribution in [0.3, 0.4) is 0 Å². The van der Waals surface area contributed by atoms with Crippen LogP contribution in [0.4, 0.5) is 5.69 Å². The maximum Gasteiger partial charge on any atom is 0.356 e. The molecular formula is C24H23N5O4. The summed E-state index contributed by atoms with van der Waals surface area (Å²) in [6.07, 6.45) is 0.580. The van der Waals surface area contributed by atoms with Gasteiger partial charge in [-0.2, -0.15) is 0 Å². The van der Waals surface area contributed by atoms with Gasteiger partial charge in [-0.3, -0.25) is 25.4 Å². The van der Waals surface area contributed by atoms with Gasteiger partial charge in [0.15, 0.2) is 0 Å². The molecule has 168 valence electrons. The Labute approximate surface area is 190 Å². The number of aromatic nitrogens is 1. The summed E-state index contributed by atoms with van der Waals surface area (Å²) in [5, 5.41) is 0.801. The lowest BCUT2D eigenvalue weighted by Gasteiger charge is -2.36. The van der Waals surface area contributed by atoms with Gasteiger partial charge < -0.3 is 9.74 Å². The fourth-order valence-electron chi connectivity index (χ4n) is 4.24. The molecule has 0 aliphatic carbocycles. The van der Waals surface area contributed by atoms with Gasteiger partial charge in [0.25, 0.3) is 5.91 Å². The average Bonchev–Trinajstić information content (AvgIpc) is 2.84. The zero-order chi connectivity index (χ0) is 23.2. The molecule has 3 N–H and O–H groups in total. The Balaban J connectivity index is 1.35. The van der Waals surface area contributed by atoms with Gasteiger partial charge in [0, 0.05) is 17.5 Å². The fraction of sp³-hybridized carbons (Fsp3) is 0.250. The van der Waals surface area contributed by atoms with Crippen molar-refractivity contribution in [1.82, 2.24) is 20.8 Å². The van der Waals surface area contributed by atoms with Gasteiger partial charge in [-0.1, -0.05) is 24.3 Å². The summed E-state index contributed by atoms with van der Waals surface area (Å²) in [6.45, 7) is 4.13. The van der Waals surface area contributed by atoms with E-state index in [0.717, 1.165) is 22.3 Å². The number of carbonyl (C=O) groups is 3. The summed E-state index contributed by atoms with van der Waals surface area (Å²) < 4.78 is 0. The maximum atomic E-state index is 13.3. The van der Waals surface area contributed by atoms with E-state index in [0.29, 0.717) is 36.2 Å². The average molecular weight is 445 g/mol. The van der Waals surface area contributed by atoms with E-state index >= 15 is 0 Å². The first-order valence-corrected chi connectivity index (χ1v) is 10.7. The number of fused-ring (bicyclic) bond motifs is 2. The number of hydrazine groups is 1. The molecule has 0 spiro atoms. The number of rotatable bonds is 4. The topological polar surface area (TPSA) is 113 Å². The zero-order valence-corrected chi connectivity index (χ0v) is 18.3. The fourth-order valence-corrected chi connectivity index (χ4v) is 4.24. The molecule has 0 saturated carbocycles. The quantitative estimate of drug-likeness (QED) is 0.529. The van der Waals surface area contributed by atoms with Gasteiger partial charge in [0.2, 0.25) is 5.91 Å².